The summed E-state index contributed by atoms with van der Waals surface area (Å²) >= 11 is 7.08. The van der Waals surface area contributed by atoms with Gasteiger partial charge in [0.2, 0.25) is 0 Å². The summed E-state index contributed by atoms with van der Waals surface area (Å²) in [4.78, 5) is 21.0. The number of halogens is 1. The Bertz CT molecular complexity index is 789. The second kappa shape index (κ2) is 6.68. The molecule has 1 amide bonds. The van der Waals surface area contributed by atoms with Crippen molar-refractivity contribution >= 4 is 28.8 Å². The van der Waals surface area contributed by atoms with Crippen LogP contribution in [0.3, 0.4) is 0 Å². The highest BCUT2D eigenvalue weighted by atomic mass is 35.5. The molecule has 3 aromatic rings. The lowest BCUT2D eigenvalue weighted by Gasteiger charge is -2.05. The molecular weight excluding hydrogens is 318 g/mol. The van der Waals surface area contributed by atoms with Crippen molar-refractivity contribution in [3.8, 4) is 11.3 Å². The van der Waals surface area contributed by atoms with Crippen LogP contribution < -0.4 is 5.32 Å². The summed E-state index contributed by atoms with van der Waals surface area (Å²) in [7, 11) is 0. The molecule has 0 aliphatic rings. The molecule has 2 heterocycles. The van der Waals surface area contributed by atoms with Crippen LogP contribution in [-0.4, -0.2) is 15.9 Å². The summed E-state index contributed by atoms with van der Waals surface area (Å²) < 4.78 is 0.596. The van der Waals surface area contributed by atoms with E-state index in [2.05, 4.69) is 15.3 Å². The molecule has 0 saturated carbocycles. The van der Waals surface area contributed by atoms with E-state index in [0.29, 0.717) is 15.8 Å². The third-order valence-corrected chi connectivity index (χ3v) is 4.25. The van der Waals surface area contributed by atoms with Gasteiger partial charge in [-0.05, 0) is 18.2 Å². The number of hydrogen-bond donors (Lipinski definition) is 1. The van der Waals surface area contributed by atoms with E-state index in [-0.39, 0.29) is 5.91 Å². The molecule has 6 heteroatoms. The van der Waals surface area contributed by atoms with Crippen molar-refractivity contribution in [1.82, 2.24) is 15.3 Å². The molecule has 0 aliphatic heterocycles. The predicted octanol–water partition coefficient (Wildman–Crippen LogP) is 3.79. The SMILES string of the molecule is O=C(NCc1cc(-c2ccccc2)ncn1)c1ccc(Cl)s1. The quantitative estimate of drug-likeness (QED) is 0.792. The van der Waals surface area contributed by atoms with Gasteiger partial charge in [0, 0.05) is 5.56 Å². The molecule has 1 N–H and O–H groups in total. The Morgan fingerprint density at radius 3 is 2.68 bits per heavy atom. The lowest BCUT2D eigenvalue weighted by Crippen LogP contribution is -2.22. The highest BCUT2D eigenvalue weighted by Crippen LogP contribution is 2.21. The first-order valence-corrected chi connectivity index (χ1v) is 7.82. The third-order valence-electron chi connectivity index (χ3n) is 3.02. The number of amides is 1. The first kappa shape index (κ1) is 14.7. The standard InChI is InChI=1S/C16H12ClN3OS/c17-15-7-6-14(22-15)16(21)18-9-12-8-13(20-10-19-12)11-4-2-1-3-5-11/h1-8,10H,9H2,(H,18,21). The highest BCUT2D eigenvalue weighted by molar-refractivity contribution is 7.17. The molecular formula is C16H12ClN3OS. The van der Waals surface area contributed by atoms with Gasteiger partial charge in [0.15, 0.2) is 0 Å². The van der Waals surface area contributed by atoms with Crippen LogP contribution in [-0.2, 0) is 6.54 Å². The number of benzene rings is 1. The second-order valence-corrected chi connectivity index (χ2v) is 6.26. The number of aromatic nitrogens is 2. The number of nitrogens with one attached hydrogen (secondary N) is 1. The van der Waals surface area contributed by atoms with E-state index < -0.39 is 0 Å². The van der Waals surface area contributed by atoms with Crippen molar-refractivity contribution in [3.05, 3.63) is 69.8 Å². The molecule has 0 atom stereocenters. The summed E-state index contributed by atoms with van der Waals surface area (Å²) in [6.45, 7) is 0.344. The van der Waals surface area contributed by atoms with Crippen LogP contribution in [0.1, 0.15) is 15.4 Å². The van der Waals surface area contributed by atoms with E-state index in [4.69, 9.17) is 11.6 Å². The van der Waals surface area contributed by atoms with Crippen LogP contribution in [0.5, 0.6) is 0 Å². The highest BCUT2D eigenvalue weighted by Gasteiger charge is 2.09. The summed E-state index contributed by atoms with van der Waals surface area (Å²) in [5, 5.41) is 2.83. The molecule has 2 aromatic heterocycles. The number of carbonyl (C=O) groups is 1. The molecule has 0 fully saturated rings. The van der Waals surface area contributed by atoms with Gasteiger partial charge in [-0.2, -0.15) is 0 Å². The molecule has 110 valence electrons. The average molecular weight is 330 g/mol. The Morgan fingerprint density at radius 1 is 1.14 bits per heavy atom. The maximum absolute atomic E-state index is 12.0. The Hall–Kier alpha value is -2.24. The maximum Gasteiger partial charge on any atom is 0.261 e. The van der Waals surface area contributed by atoms with Gasteiger partial charge >= 0.3 is 0 Å². The number of nitrogens with zero attached hydrogens (tertiary/aromatic N) is 2. The van der Waals surface area contributed by atoms with E-state index in [1.165, 1.54) is 17.7 Å². The van der Waals surface area contributed by atoms with Crippen molar-refractivity contribution in [2.24, 2.45) is 0 Å². The number of thiophene rings is 1. The first-order chi connectivity index (χ1) is 10.7. The topological polar surface area (TPSA) is 54.9 Å². The minimum Gasteiger partial charge on any atom is -0.346 e. The van der Waals surface area contributed by atoms with Gasteiger partial charge in [0.1, 0.15) is 6.33 Å². The fourth-order valence-electron chi connectivity index (χ4n) is 1.96. The first-order valence-electron chi connectivity index (χ1n) is 6.62. The normalized spacial score (nSPS) is 10.4. The zero-order valence-electron chi connectivity index (χ0n) is 11.5. The zero-order chi connectivity index (χ0) is 15.4. The summed E-state index contributed by atoms with van der Waals surface area (Å²) in [6.07, 6.45) is 1.51. The average Bonchev–Trinajstić information content (AvgIpc) is 3.00. The molecule has 1 aromatic carbocycles. The Morgan fingerprint density at radius 2 is 1.95 bits per heavy atom. The molecule has 0 bridgehead atoms. The van der Waals surface area contributed by atoms with Gasteiger partial charge < -0.3 is 5.32 Å². The molecule has 0 saturated heterocycles. The summed E-state index contributed by atoms with van der Waals surface area (Å²) in [6, 6.07) is 15.1. The molecule has 4 nitrogen and oxygen atoms in total. The van der Waals surface area contributed by atoms with E-state index in [1.54, 1.807) is 12.1 Å². The maximum atomic E-state index is 12.0. The van der Waals surface area contributed by atoms with Crippen LogP contribution in [0.4, 0.5) is 0 Å². The van der Waals surface area contributed by atoms with Crippen molar-refractivity contribution in [3.63, 3.8) is 0 Å². The minimum absolute atomic E-state index is 0.156. The lowest BCUT2D eigenvalue weighted by molar-refractivity contribution is 0.0954. The minimum atomic E-state index is -0.156. The molecule has 0 aliphatic carbocycles. The van der Waals surface area contributed by atoms with Gasteiger partial charge in [-0.3, -0.25) is 4.79 Å². The van der Waals surface area contributed by atoms with Crippen LogP contribution in [0, 0.1) is 0 Å². The van der Waals surface area contributed by atoms with Crippen molar-refractivity contribution in [2.45, 2.75) is 6.54 Å². The summed E-state index contributed by atoms with van der Waals surface area (Å²) in [5.41, 5.74) is 2.60. The lowest BCUT2D eigenvalue weighted by atomic mass is 10.1. The van der Waals surface area contributed by atoms with E-state index in [0.717, 1.165) is 17.0 Å². The van der Waals surface area contributed by atoms with Crippen LogP contribution >= 0.6 is 22.9 Å². The smallest absolute Gasteiger partial charge is 0.261 e. The van der Waals surface area contributed by atoms with E-state index >= 15 is 0 Å². The van der Waals surface area contributed by atoms with E-state index in [9.17, 15) is 4.79 Å². The molecule has 22 heavy (non-hydrogen) atoms. The predicted molar refractivity (Wildman–Crippen MR) is 88.0 cm³/mol. The van der Waals surface area contributed by atoms with Crippen LogP contribution in [0.25, 0.3) is 11.3 Å². The zero-order valence-corrected chi connectivity index (χ0v) is 13.1. The fourth-order valence-corrected chi connectivity index (χ4v) is 2.91. The number of hydrogen-bond acceptors (Lipinski definition) is 4. The summed E-state index contributed by atoms with van der Waals surface area (Å²) in [5.74, 6) is -0.156. The van der Waals surface area contributed by atoms with Gasteiger partial charge in [-0.25, -0.2) is 9.97 Å². The largest absolute Gasteiger partial charge is 0.346 e. The molecule has 0 radical (unpaired) electrons. The van der Waals surface area contributed by atoms with Crippen LogP contribution in [0.2, 0.25) is 4.34 Å². The van der Waals surface area contributed by atoms with Crippen LogP contribution in [0.15, 0.2) is 54.9 Å². The monoisotopic (exact) mass is 329 g/mol. The third kappa shape index (κ3) is 3.50. The number of rotatable bonds is 4. The molecule has 0 unspecified atom stereocenters. The fraction of sp³-hybridized carbons (Fsp3) is 0.0625. The van der Waals surface area contributed by atoms with Gasteiger partial charge in [0.05, 0.1) is 27.1 Å². The van der Waals surface area contributed by atoms with Gasteiger partial charge in [-0.15, -0.1) is 11.3 Å². The van der Waals surface area contributed by atoms with Gasteiger partial charge in [0.25, 0.3) is 5.91 Å². The van der Waals surface area contributed by atoms with Gasteiger partial charge in [-0.1, -0.05) is 41.9 Å². The Balaban J connectivity index is 1.70. The number of carbonyl (C=O) groups excluding carboxylic acids is 1. The van der Waals surface area contributed by atoms with Crippen molar-refractivity contribution < 1.29 is 4.79 Å². The molecule has 3 rings (SSSR count). The van der Waals surface area contributed by atoms with Crippen molar-refractivity contribution in [2.75, 3.05) is 0 Å². The Labute approximate surface area is 136 Å². The van der Waals surface area contributed by atoms with E-state index in [1.807, 2.05) is 36.4 Å². The second-order valence-electron chi connectivity index (χ2n) is 4.55. The van der Waals surface area contributed by atoms with Crippen molar-refractivity contribution in [1.29, 1.82) is 0 Å². The Kier molecular flexibility index (Phi) is 4.46. The molecule has 0 spiro atoms.